The topological polar surface area (TPSA) is 80.9 Å². The molecule has 0 spiro atoms. The predicted octanol–water partition coefficient (Wildman–Crippen LogP) is 3.34. The number of aryl methyl sites for hydroxylation is 2. The Balaban J connectivity index is 2.09. The van der Waals surface area contributed by atoms with Crippen molar-refractivity contribution >= 4 is 22.8 Å². The number of hydrogen-bond donors (Lipinski definition) is 1. The Kier molecular flexibility index (Phi) is 2.90. The van der Waals surface area contributed by atoms with Crippen LogP contribution in [0.1, 0.15) is 11.4 Å². The SMILES string of the molecule is Cc1cc2nc(C)c(N=Nc3ccccc3)c(N)n2n1. The summed E-state index contributed by atoms with van der Waals surface area (Å²) >= 11 is 0. The van der Waals surface area contributed by atoms with Crippen LogP contribution in [0.2, 0.25) is 0 Å². The maximum absolute atomic E-state index is 6.10. The summed E-state index contributed by atoms with van der Waals surface area (Å²) in [7, 11) is 0. The summed E-state index contributed by atoms with van der Waals surface area (Å²) in [5.74, 6) is 0.445. The van der Waals surface area contributed by atoms with Crippen LogP contribution in [0.5, 0.6) is 0 Å². The molecule has 20 heavy (non-hydrogen) atoms. The first kappa shape index (κ1) is 12.3. The van der Waals surface area contributed by atoms with Crippen LogP contribution in [-0.4, -0.2) is 14.6 Å². The van der Waals surface area contributed by atoms with E-state index in [0.717, 1.165) is 22.7 Å². The molecule has 6 heteroatoms. The minimum atomic E-state index is 0.445. The van der Waals surface area contributed by atoms with E-state index < -0.39 is 0 Å². The lowest BCUT2D eigenvalue weighted by Crippen LogP contribution is -2.02. The van der Waals surface area contributed by atoms with Crippen molar-refractivity contribution in [3.8, 4) is 0 Å². The van der Waals surface area contributed by atoms with Gasteiger partial charge in [-0.1, -0.05) is 18.2 Å². The molecule has 6 nitrogen and oxygen atoms in total. The van der Waals surface area contributed by atoms with Gasteiger partial charge in [-0.15, -0.1) is 5.11 Å². The molecule has 3 rings (SSSR count). The molecular formula is C14H14N6. The van der Waals surface area contributed by atoms with Crippen molar-refractivity contribution in [3.63, 3.8) is 0 Å². The molecule has 100 valence electrons. The van der Waals surface area contributed by atoms with Crippen molar-refractivity contribution in [2.75, 3.05) is 5.73 Å². The molecule has 1 aromatic carbocycles. The van der Waals surface area contributed by atoms with E-state index in [1.165, 1.54) is 0 Å². The first-order chi connectivity index (χ1) is 9.65. The lowest BCUT2D eigenvalue weighted by molar-refractivity contribution is 0.917. The second-order valence-corrected chi connectivity index (χ2v) is 4.52. The van der Waals surface area contributed by atoms with E-state index in [-0.39, 0.29) is 0 Å². The fourth-order valence-electron chi connectivity index (χ4n) is 1.98. The average molecular weight is 266 g/mol. The number of nitrogen functional groups attached to an aromatic ring is 1. The zero-order valence-electron chi connectivity index (χ0n) is 11.3. The van der Waals surface area contributed by atoms with Gasteiger partial charge in [0.15, 0.2) is 11.5 Å². The van der Waals surface area contributed by atoms with Gasteiger partial charge in [-0.25, -0.2) is 4.98 Å². The third-order valence-electron chi connectivity index (χ3n) is 2.93. The van der Waals surface area contributed by atoms with E-state index in [1.54, 1.807) is 4.52 Å². The molecule has 0 amide bonds. The fraction of sp³-hybridized carbons (Fsp3) is 0.143. The van der Waals surface area contributed by atoms with Gasteiger partial charge >= 0.3 is 0 Å². The van der Waals surface area contributed by atoms with E-state index in [1.807, 2.05) is 50.2 Å². The summed E-state index contributed by atoms with van der Waals surface area (Å²) < 4.78 is 1.58. The fourth-order valence-corrected chi connectivity index (χ4v) is 1.98. The smallest absolute Gasteiger partial charge is 0.158 e. The molecular weight excluding hydrogens is 252 g/mol. The highest BCUT2D eigenvalue weighted by atomic mass is 15.3. The number of benzene rings is 1. The summed E-state index contributed by atoms with van der Waals surface area (Å²) in [5, 5.41) is 12.7. The van der Waals surface area contributed by atoms with Gasteiger partial charge in [-0.2, -0.15) is 14.7 Å². The predicted molar refractivity (Wildman–Crippen MR) is 77.5 cm³/mol. The minimum absolute atomic E-state index is 0.445. The zero-order valence-corrected chi connectivity index (χ0v) is 11.3. The number of fused-ring (bicyclic) bond motifs is 1. The zero-order chi connectivity index (χ0) is 14.1. The summed E-state index contributed by atoms with van der Waals surface area (Å²) in [6, 6.07) is 11.4. The minimum Gasteiger partial charge on any atom is -0.382 e. The lowest BCUT2D eigenvalue weighted by Gasteiger charge is -2.05. The number of nitrogens with zero attached hydrogens (tertiary/aromatic N) is 5. The van der Waals surface area contributed by atoms with Gasteiger partial charge in [0.1, 0.15) is 5.69 Å². The lowest BCUT2D eigenvalue weighted by atomic mass is 10.3. The van der Waals surface area contributed by atoms with Crippen LogP contribution < -0.4 is 5.73 Å². The summed E-state index contributed by atoms with van der Waals surface area (Å²) in [4.78, 5) is 4.44. The molecule has 2 heterocycles. The van der Waals surface area contributed by atoms with Crippen LogP contribution in [0.25, 0.3) is 5.65 Å². The van der Waals surface area contributed by atoms with Gasteiger partial charge in [0.05, 0.1) is 17.1 Å². The molecule has 0 unspecified atom stereocenters. The number of azo groups is 1. The second kappa shape index (κ2) is 4.73. The van der Waals surface area contributed by atoms with E-state index in [9.17, 15) is 0 Å². The van der Waals surface area contributed by atoms with Crippen LogP contribution in [-0.2, 0) is 0 Å². The molecule has 2 N–H and O–H groups in total. The highest BCUT2D eigenvalue weighted by Gasteiger charge is 2.11. The normalized spacial score (nSPS) is 11.5. The second-order valence-electron chi connectivity index (χ2n) is 4.52. The molecule has 0 fully saturated rings. The molecule has 0 aliphatic heterocycles. The van der Waals surface area contributed by atoms with Crippen molar-refractivity contribution in [1.82, 2.24) is 14.6 Å². The molecule has 0 radical (unpaired) electrons. The molecule has 0 saturated carbocycles. The standard InChI is InChI=1S/C14H14N6/c1-9-8-12-16-10(2)13(14(15)20(12)19-9)18-17-11-6-4-3-5-7-11/h3-8H,15H2,1-2H3. The number of nitrogens with two attached hydrogens (primary N) is 1. The number of hydrogen-bond acceptors (Lipinski definition) is 5. The molecule has 2 aromatic heterocycles. The molecule has 0 saturated heterocycles. The van der Waals surface area contributed by atoms with Gasteiger partial charge in [-0.05, 0) is 26.0 Å². The van der Waals surface area contributed by atoms with Crippen LogP contribution in [0.3, 0.4) is 0 Å². The highest BCUT2D eigenvalue weighted by Crippen LogP contribution is 2.28. The van der Waals surface area contributed by atoms with Crippen molar-refractivity contribution in [1.29, 1.82) is 0 Å². The summed E-state index contributed by atoms with van der Waals surface area (Å²) in [6.07, 6.45) is 0. The van der Waals surface area contributed by atoms with E-state index >= 15 is 0 Å². The Morgan fingerprint density at radius 3 is 2.60 bits per heavy atom. The monoisotopic (exact) mass is 266 g/mol. The number of anilines is 1. The van der Waals surface area contributed by atoms with Crippen LogP contribution in [0.4, 0.5) is 17.2 Å². The van der Waals surface area contributed by atoms with Crippen molar-refractivity contribution in [2.45, 2.75) is 13.8 Å². The van der Waals surface area contributed by atoms with E-state index in [0.29, 0.717) is 11.5 Å². The maximum atomic E-state index is 6.10. The Bertz CT molecular complexity index is 788. The Morgan fingerprint density at radius 1 is 1.10 bits per heavy atom. The third kappa shape index (κ3) is 2.11. The Labute approximate surface area is 116 Å². The molecule has 3 aromatic rings. The van der Waals surface area contributed by atoms with Gasteiger partial charge in [-0.3, -0.25) is 0 Å². The Hall–Kier alpha value is -2.76. The molecule has 0 atom stereocenters. The van der Waals surface area contributed by atoms with Crippen molar-refractivity contribution in [3.05, 3.63) is 47.8 Å². The quantitative estimate of drug-likeness (QED) is 0.722. The van der Waals surface area contributed by atoms with Crippen molar-refractivity contribution < 1.29 is 0 Å². The maximum Gasteiger partial charge on any atom is 0.158 e. The highest BCUT2D eigenvalue weighted by molar-refractivity contribution is 5.65. The van der Waals surface area contributed by atoms with Gasteiger partial charge in [0, 0.05) is 6.07 Å². The van der Waals surface area contributed by atoms with Gasteiger partial charge in [0.25, 0.3) is 0 Å². The molecule has 0 bridgehead atoms. The van der Waals surface area contributed by atoms with Gasteiger partial charge < -0.3 is 5.73 Å². The largest absolute Gasteiger partial charge is 0.382 e. The number of aromatic nitrogens is 3. The third-order valence-corrected chi connectivity index (χ3v) is 2.93. The molecule has 0 aliphatic rings. The van der Waals surface area contributed by atoms with Gasteiger partial charge in [0.2, 0.25) is 0 Å². The van der Waals surface area contributed by atoms with Crippen LogP contribution in [0.15, 0.2) is 46.6 Å². The van der Waals surface area contributed by atoms with Crippen LogP contribution in [0, 0.1) is 13.8 Å². The average Bonchev–Trinajstić information content (AvgIpc) is 2.80. The molecule has 0 aliphatic carbocycles. The summed E-state index contributed by atoms with van der Waals surface area (Å²) in [5.41, 5.74) is 9.73. The first-order valence-corrected chi connectivity index (χ1v) is 6.24. The number of rotatable bonds is 2. The first-order valence-electron chi connectivity index (χ1n) is 6.24. The van der Waals surface area contributed by atoms with E-state index in [2.05, 4.69) is 20.3 Å². The van der Waals surface area contributed by atoms with E-state index in [4.69, 9.17) is 5.73 Å². The Morgan fingerprint density at radius 2 is 1.85 bits per heavy atom. The van der Waals surface area contributed by atoms with Crippen LogP contribution >= 0.6 is 0 Å². The van der Waals surface area contributed by atoms with Crippen molar-refractivity contribution in [2.24, 2.45) is 10.2 Å². The summed E-state index contributed by atoms with van der Waals surface area (Å²) in [6.45, 7) is 3.76.